The molecule has 2 aromatic heterocycles. The quantitative estimate of drug-likeness (QED) is 0.661. The van der Waals surface area contributed by atoms with Crippen LogP contribution in [-0.2, 0) is 0 Å². The number of rotatable bonds is 2. The molecule has 3 nitrogen and oxygen atoms in total. The van der Waals surface area contributed by atoms with Crippen LogP contribution in [0.15, 0.2) is 36.7 Å². The van der Waals surface area contributed by atoms with E-state index in [1.54, 1.807) is 0 Å². The maximum absolute atomic E-state index is 11.2. The maximum Gasteiger partial charge on any atom is 0.153 e. The van der Waals surface area contributed by atoms with Gasteiger partial charge in [0, 0.05) is 18.0 Å². The number of benzene rings is 1. The van der Waals surface area contributed by atoms with Crippen molar-refractivity contribution in [2.24, 2.45) is 0 Å². The highest BCUT2D eigenvalue weighted by atomic mass is 16.1. The van der Waals surface area contributed by atoms with E-state index in [9.17, 15) is 4.79 Å². The second-order valence-corrected chi connectivity index (χ2v) is 5.27. The summed E-state index contributed by atoms with van der Waals surface area (Å²) in [7, 11) is 0. The van der Waals surface area contributed by atoms with E-state index in [2.05, 4.69) is 37.0 Å². The van der Waals surface area contributed by atoms with Crippen LogP contribution in [0.1, 0.15) is 27.0 Å². The Labute approximate surface area is 117 Å². The lowest BCUT2D eigenvalue weighted by Crippen LogP contribution is -1.91. The van der Waals surface area contributed by atoms with Crippen LogP contribution in [0.5, 0.6) is 0 Å². The fraction of sp³-hybridized carbons (Fsp3) is 0.176. The maximum atomic E-state index is 11.2. The zero-order valence-electron chi connectivity index (χ0n) is 11.8. The summed E-state index contributed by atoms with van der Waals surface area (Å²) in [6, 6.07) is 8.18. The summed E-state index contributed by atoms with van der Waals surface area (Å²) in [6.07, 6.45) is 4.84. The number of aryl methyl sites for hydroxylation is 3. The summed E-state index contributed by atoms with van der Waals surface area (Å²) in [5.41, 5.74) is 6.79. The molecule has 0 atom stereocenters. The minimum atomic E-state index is 0.626. The Morgan fingerprint density at radius 1 is 1.05 bits per heavy atom. The molecule has 0 spiro atoms. The second-order valence-electron chi connectivity index (χ2n) is 5.27. The van der Waals surface area contributed by atoms with Crippen LogP contribution in [0.25, 0.3) is 16.9 Å². The first kappa shape index (κ1) is 12.6. The Balaban J connectivity index is 2.28. The van der Waals surface area contributed by atoms with Crippen LogP contribution in [0.3, 0.4) is 0 Å². The molecule has 0 aliphatic carbocycles. The Morgan fingerprint density at radius 2 is 1.85 bits per heavy atom. The fourth-order valence-electron chi connectivity index (χ4n) is 2.50. The summed E-state index contributed by atoms with van der Waals surface area (Å²) in [4.78, 5) is 15.8. The number of pyridine rings is 1. The minimum absolute atomic E-state index is 0.626. The number of aromatic nitrogens is 2. The molecule has 20 heavy (non-hydrogen) atoms. The predicted octanol–water partition coefficient (Wildman–Crippen LogP) is 3.74. The molecule has 3 aromatic rings. The monoisotopic (exact) mass is 264 g/mol. The van der Waals surface area contributed by atoms with Gasteiger partial charge in [0.25, 0.3) is 0 Å². The molecular weight excluding hydrogens is 248 g/mol. The molecule has 0 bridgehead atoms. The third-order valence-electron chi connectivity index (χ3n) is 3.51. The highest BCUT2D eigenvalue weighted by molar-refractivity contribution is 5.85. The second kappa shape index (κ2) is 4.60. The van der Waals surface area contributed by atoms with Crippen molar-refractivity contribution >= 4 is 11.9 Å². The molecule has 100 valence electrons. The lowest BCUT2D eigenvalue weighted by molar-refractivity contribution is 0.112. The fourth-order valence-corrected chi connectivity index (χ4v) is 2.50. The molecule has 3 rings (SSSR count). The number of hydrogen-bond acceptors (Lipinski definition) is 2. The zero-order chi connectivity index (χ0) is 14.3. The van der Waals surface area contributed by atoms with Gasteiger partial charge in [-0.2, -0.15) is 0 Å². The van der Waals surface area contributed by atoms with Crippen LogP contribution < -0.4 is 0 Å². The van der Waals surface area contributed by atoms with E-state index in [0.29, 0.717) is 11.2 Å². The highest BCUT2D eigenvalue weighted by Gasteiger charge is 2.10. The van der Waals surface area contributed by atoms with Crippen molar-refractivity contribution in [2.75, 3.05) is 0 Å². The minimum Gasteiger partial charge on any atom is -0.306 e. The van der Waals surface area contributed by atoms with Gasteiger partial charge in [0.2, 0.25) is 0 Å². The Morgan fingerprint density at radius 3 is 2.60 bits per heavy atom. The molecule has 1 aromatic carbocycles. The lowest BCUT2D eigenvalue weighted by atomic mass is 10.0. The number of fused-ring (bicyclic) bond motifs is 1. The molecule has 0 aliphatic heterocycles. The molecule has 0 saturated carbocycles. The normalized spacial score (nSPS) is 10.9. The number of hydrogen-bond donors (Lipinski definition) is 0. The lowest BCUT2D eigenvalue weighted by Gasteiger charge is -2.03. The van der Waals surface area contributed by atoms with Crippen molar-refractivity contribution in [2.45, 2.75) is 20.8 Å². The third-order valence-corrected chi connectivity index (χ3v) is 3.51. The van der Waals surface area contributed by atoms with Crippen molar-refractivity contribution in [3.63, 3.8) is 0 Å². The summed E-state index contributed by atoms with van der Waals surface area (Å²) >= 11 is 0. The van der Waals surface area contributed by atoms with Gasteiger partial charge in [-0.25, -0.2) is 4.98 Å². The van der Waals surface area contributed by atoms with Gasteiger partial charge < -0.3 is 4.40 Å². The van der Waals surface area contributed by atoms with E-state index in [1.807, 2.05) is 29.8 Å². The molecule has 0 N–H and O–H groups in total. The SMILES string of the molecule is Cc1ccc(C)c(-c2cn3cc(C)cc(C=O)c3n2)c1. The molecule has 2 heterocycles. The first-order valence-corrected chi connectivity index (χ1v) is 6.60. The largest absolute Gasteiger partial charge is 0.306 e. The predicted molar refractivity (Wildman–Crippen MR) is 80.2 cm³/mol. The van der Waals surface area contributed by atoms with E-state index in [0.717, 1.165) is 23.1 Å². The summed E-state index contributed by atoms with van der Waals surface area (Å²) in [6.45, 7) is 6.12. The van der Waals surface area contributed by atoms with Gasteiger partial charge in [0.05, 0.1) is 11.3 Å². The average molecular weight is 264 g/mol. The van der Waals surface area contributed by atoms with Gasteiger partial charge in [-0.3, -0.25) is 4.79 Å². The molecule has 0 radical (unpaired) electrons. The first-order chi connectivity index (χ1) is 9.58. The van der Waals surface area contributed by atoms with E-state index in [-0.39, 0.29) is 0 Å². The van der Waals surface area contributed by atoms with Crippen LogP contribution in [0, 0.1) is 20.8 Å². The Hall–Kier alpha value is -2.42. The Bertz CT molecular complexity index is 815. The summed E-state index contributed by atoms with van der Waals surface area (Å²) in [5, 5.41) is 0. The van der Waals surface area contributed by atoms with Crippen LogP contribution in [0.4, 0.5) is 0 Å². The summed E-state index contributed by atoms with van der Waals surface area (Å²) < 4.78 is 1.93. The number of nitrogens with zero attached hydrogens (tertiary/aromatic N) is 2. The molecular formula is C17H16N2O. The molecule has 0 saturated heterocycles. The van der Waals surface area contributed by atoms with Crippen molar-refractivity contribution in [3.8, 4) is 11.3 Å². The molecule has 3 heteroatoms. The van der Waals surface area contributed by atoms with E-state index < -0.39 is 0 Å². The highest BCUT2D eigenvalue weighted by Crippen LogP contribution is 2.25. The van der Waals surface area contributed by atoms with Crippen LogP contribution in [0.2, 0.25) is 0 Å². The summed E-state index contributed by atoms with van der Waals surface area (Å²) in [5.74, 6) is 0. The van der Waals surface area contributed by atoms with Crippen molar-refractivity contribution in [1.29, 1.82) is 0 Å². The van der Waals surface area contributed by atoms with Gasteiger partial charge >= 0.3 is 0 Å². The van der Waals surface area contributed by atoms with Crippen LogP contribution >= 0.6 is 0 Å². The number of aldehydes is 1. The van der Waals surface area contributed by atoms with Crippen LogP contribution in [-0.4, -0.2) is 15.7 Å². The number of imidazole rings is 1. The topological polar surface area (TPSA) is 34.4 Å². The van der Waals surface area contributed by atoms with E-state index in [4.69, 9.17) is 0 Å². The van der Waals surface area contributed by atoms with Crippen molar-refractivity contribution in [3.05, 3.63) is 58.9 Å². The zero-order valence-corrected chi connectivity index (χ0v) is 11.8. The number of carbonyl (C=O) groups excluding carboxylic acids is 1. The third kappa shape index (κ3) is 2.01. The standard InChI is InChI=1S/C17H16N2O/c1-11-4-5-13(3)15(7-11)16-9-19-8-12(2)6-14(10-20)17(19)18-16/h4-10H,1-3H3. The van der Waals surface area contributed by atoms with Gasteiger partial charge in [-0.05, 0) is 44.0 Å². The molecule has 0 fully saturated rings. The van der Waals surface area contributed by atoms with Gasteiger partial charge in [-0.15, -0.1) is 0 Å². The van der Waals surface area contributed by atoms with Gasteiger partial charge in [0.15, 0.2) is 6.29 Å². The molecule has 0 unspecified atom stereocenters. The average Bonchev–Trinajstić information content (AvgIpc) is 2.84. The molecule has 0 amide bonds. The van der Waals surface area contributed by atoms with Gasteiger partial charge in [0.1, 0.15) is 5.65 Å². The molecule has 0 aliphatic rings. The number of carbonyl (C=O) groups is 1. The Kier molecular flexibility index (Phi) is 2.90. The first-order valence-electron chi connectivity index (χ1n) is 6.60. The smallest absolute Gasteiger partial charge is 0.153 e. The van der Waals surface area contributed by atoms with Crippen molar-refractivity contribution < 1.29 is 4.79 Å². The van der Waals surface area contributed by atoms with E-state index >= 15 is 0 Å². The van der Waals surface area contributed by atoms with Crippen molar-refractivity contribution in [1.82, 2.24) is 9.38 Å². The van der Waals surface area contributed by atoms with E-state index in [1.165, 1.54) is 11.1 Å². The van der Waals surface area contributed by atoms with Gasteiger partial charge in [-0.1, -0.05) is 17.7 Å².